The van der Waals surface area contributed by atoms with Gasteiger partial charge in [0.25, 0.3) is 11.5 Å². The molecule has 7 nitrogen and oxygen atoms in total. The number of amides is 1. The molecule has 0 spiro atoms. The maximum absolute atomic E-state index is 12.1. The monoisotopic (exact) mass is 342 g/mol. The van der Waals surface area contributed by atoms with Crippen molar-refractivity contribution in [3.63, 3.8) is 0 Å². The second-order valence-electron chi connectivity index (χ2n) is 5.69. The SMILES string of the molecule is C=C(C)COc1ccc(C(=O)NCCNc2nc(C)cc(=O)[nH]2)cc1. The van der Waals surface area contributed by atoms with E-state index in [9.17, 15) is 9.59 Å². The van der Waals surface area contributed by atoms with Gasteiger partial charge in [-0.1, -0.05) is 6.58 Å². The molecule has 0 aliphatic carbocycles. The van der Waals surface area contributed by atoms with Crippen LogP contribution < -0.4 is 20.9 Å². The summed E-state index contributed by atoms with van der Waals surface area (Å²) in [6, 6.07) is 8.32. The van der Waals surface area contributed by atoms with Gasteiger partial charge in [-0.05, 0) is 43.7 Å². The molecule has 0 bridgehead atoms. The van der Waals surface area contributed by atoms with E-state index in [0.717, 1.165) is 5.57 Å². The van der Waals surface area contributed by atoms with Crippen molar-refractivity contribution >= 4 is 11.9 Å². The highest BCUT2D eigenvalue weighted by Crippen LogP contribution is 2.12. The molecule has 0 aliphatic rings. The van der Waals surface area contributed by atoms with Gasteiger partial charge in [-0.15, -0.1) is 0 Å². The van der Waals surface area contributed by atoms with E-state index >= 15 is 0 Å². The molecule has 0 fully saturated rings. The summed E-state index contributed by atoms with van der Waals surface area (Å²) in [4.78, 5) is 30.1. The second kappa shape index (κ2) is 8.68. The first-order valence-corrected chi connectivity index (χ1v) is 7.91. The third-order valence-electron chi connectivity index (χ3n) is 3.17. The summed E-state index contributed by atoms with van der Waals surface area (Å²) < 4.78 is 5.49. The lowest BCUT2D eigenvalue weighted by Crippen LogP contribution is -2.29. The van der Waals surface area contributed by atoms with Crippen LogP contribution in [0.25, 0.3) is 0 Å². The van der Waals surface area contributed by atoms with E-state index in [4.69, 9.17) is 4.74 Å². The Morgan fingerprint density at radius 3 is 2.64 bits per heavy atom. The molecule has 3 N–H and O–H groups in total. The minimum atomic E-state index is -0.215. The maximum Gasteiger partial charge on any atom is 0.252 e. The van der Waals surface area contributed by atoms with Crippen LogP contribution in [-0.4, -0.2) is 35.6 Å². The lowest BCUT2D eigenvalue weighted by molar-refractivity contribution is 0.0955. The van der Waals surface area contributed by atoms with Gasteiger partial charge in [-0.2, -0.15) is 0 Å². The molecule has 7 heteroatoms. The third-order valence-corrected chi connectivity index (χ3v) is 3.17. The summed E-state index contributed by atoms with van der Waals surface area (Å²) >= 11 is 0. The molecule has 0 saturated heterocycles. The van der Waals surface area contributed by atoms with Crippen LogP contribution in [0.5, 0.6) is 5.75 Å². The first kappa shape index (κ1) is 18.3. The number of rotatable bonds is 8. The predicted molar refractivity (Wildman–Crippen MR) is 97.2 cm³/mol. The number of nitrogens with one attached hydrogen (secondary N) is 3. The van der Waals surface area contributed by atoms with Crippen molar-refractivity contribution in [1.29, 1.82) is 0 Å². The zero-order valence-electron chi connectivity index (χ0n) is 14.4. The molecule has 0 aliphatic heterocycles. The van der Waals surface area contributed by atoms with Crippen LogP contribution in [0.15, 0.2) is 47.3 Å². The molecule has 0 unspecified atom stereocenters. The minimum Gasteiger partial charge on any atom is -0.489 e. The largest absolute Gasteiger partial charge is 0.489 e. The minimum absolute atomic E-state index is 0.182. The molecule has 0 saturated carbocycles. The van der Waals surface area contributed by atoms with Gasteiger partial charge in [-0.3, -0.25) is 14.6 Å². The molecule has 1 heterocycles. The zero-order chi connectivity index (χ0) is 18.2. The Hall–Kier alpha value is -3.09. The zero-order valence-corrected chi connectivity index (χ0v) is 14.4. The van der Waals surface area contributed by atoms with Gasteiger partial charge in [0.1, 0.15) is 12.4 Å². The lowest BCUT2D eigenvalue weighted by Gasteiger charge is -2.09. The van der Waals surface area contributed by atoms with E-state index in [1.165, 1.54) is 6.07 Å². The summed E-state index contributed by atoms with van der Waals surface area (Å²) in [6.45, 7) is 8.69. The Bertz CT molecular complexity index is 797. The van der Waals surface area contributed by atoms with E-state index < -0.39 is 0 Å². The normalized spacial score (nSPS) is 10.2. The van der Waals surface area contributed by atoms with E-state index in [1.807, 2.05) is 6.92 Å². The van der Waals surface area contributed by atoms with E-state index in [1.54, 1.807) is 31.2 Å². The molecule has 1 aromatic carbocycles. The van der Waals surface area contributed by atoms with Crippen molar-refractivity contribution in [1.82, 2.24) is 15.3 Å². The van der Waals surface area contributed by atoms with E-state index in [2.05, 4.69) is 27.2 Å². The van der Waals surface area contributed by atoms with Crippen molar-refractivity contribution in [3.05, 3.63) is 64.1 Å². The quantitative estimate of drug-likeness (QED) is 0.503. The fourth-order valence-corrected chi connectivity index (χ4v) is 2.03. The number of aryl methyl sites for hydroxylation is 1. The molecular weight excluding hydrogens is 320 g/mol. The first-order valence-electron chi connectivity index (χ1n) is 7.91. The maximum atomic E-state index is 12.1. The first-order chi connectivity index (χ1) is 11.9. The molecule has 0 radical (unpaired) electrons. The van der Waals surface area contributed by atoms with Gasteiger partial charge in [0.15, 0.2) is 0 Å². The Labute approximate surface area is 146 Å². The number of carbonyl (C=O) groups is 1. The molecule has 132 valence electrons. The number of aromatic nitrogens is 2. The number of hydrogen-bond acceptors (Lipinski definition) is 5. The van der Waals surface area contributed by atoms with Crippen molar-refractivity contribution in [2.24, 2.45) is 0 Å². The number of anilines is 1. The highest BCUT2D eigenvalue weighted by Gasteiger charge is 2.05. The smallest absolute Gasteiger partial charge is 0.252 e. The Balaban J connectivity index is 1.78. The van der Waals surface area contributed by atoms with Crippen molar-refractivity contribution in [2.75, 3.05) is 25.0 Å². The topological polar surface area (TPSA) is 96.1 Å². The summed E-state index contributed by atoms with van der Waals surface area (Å²) in [5, 5.41) is 5.75. The summed E-state index contributed by atoms with van der Waals surface area (Å²) in [6.07, 6.45) is 0. The summed E-state index contributed by atoms with van der Waals surface area (Å²) in [5.41, 5.74) is 1.89. The number of aromatic amines is 1. The number of carbonyl (C=O) groups excluding carboxylic acids is 1. The van der Waals surface area contributed by atoms with Crippen molar-refractivity contribution < 1.29 is 9.53 Å². The fourth-order valence-electron chi connectivity index (χ4n) is 2.03. The number of benzene rings is 1. The van der Waals surface area contributed by atoms with Gasteiger partial charge in [0, 0.05) is 30.4 Å². The molecule has 1 aromatic heterocycles. The highest BCUT2D eigenvalue weighted by molar-refractivity contribution is 5.94. The van der Waals surface area contributed by atoms with Crippen LogP contribution in [0.4, 0.5) is 5.95 Å². The van der Waals surface area contributed by atoms with Crippen LogP contribution in [0.3, 0.4) is 0 Å². The van der Waals surface area contributed by atoms with Crippen LogP contribution in [0, 0.1) is 6.92 Å². The van der Waals surface area contributed by atoms with Crippen molar-refractivity contribution in [2.45, 2.75) is 13.8 Å². The predicted octanol–water partition coefficient (Wildman–Crippen LogP) is 1.88. The summed E-state index contributed by atoms with van der Waals surface area (Å²) in [7, 11) is 0. The van der Waals surface area contributed by atoms with Gasteiger partial charge < -0.3 is 15.4 Å². The Morgan fingerprint density at radius 2 is 2.00 bits per heavy atom. The molecule has 2 aromatic rings. The standard InChI is InChI=1S/C18H22N4O3/c1-12(2)11-25-15-6-4-14(5-7-15)17(24)19-8-9-20-18-21-13(3)10-16(23)22-18/h4-7,10H,1,8-9,11H2,2-3H3,(H,19,24)(H2,20,21,22,23). The Morgan fingerprint density at radius 1 is 1.28 bits per heavy atom. The van der Waals surface area contributed by atoms with Gasteiger partial charge in [0.2, 0.25) is 5.95 Å². The molecule has 1 amide bonds. The van der Waals surface area contributed by atoms with E-state index in [-0.39, 0.29) is 11.5 Å². The number of H-pyrrole nitrogens is 1. The van der Waals surface area contributed by atoms with Gasteiger partial charge >= 0.3 is 0 Å². The van der Waals surface area contributed by atoms with Crippen LogP contribution in [-0.2, 0) is 0 Å². The average Bonchev–Trinajstić information content (AvgIpc) is 2.56. The third kappa shape index (κ3) is 6.14. The average molecular weight is 342 g/mol. The van der Waals surface area contributed by atoms with E-state index in [0.29, 0.717) is 42.7 Å². The lowest BCUT2D eigenvalue weighted by atomic mass is 10.2. The van der Waals surface area contributed by atoms with Crippen molar-refractivity contribution in [3.8, 4) is 5.75 Å². The molecule has 25 heavy (non-hydrogen) atoms. The number of nitrogens with zero attached hydrogens (tertiary/aromatic N) is 1. The molecule has 0 atom stereocenters. The van der Waals surface area contributed by atoms with Gasteiger partial charge in [0.05, 0.1) is 0 Å². The fraction of sp³-hybridized carbons (Fsp3) is 0.278. The van der Waals surface area contributed by atoms with Gasteiger partial charge in [-0.25, -0.2) is 4.98 Å². The second-order valence-corrected chi connectivity index (χ2v) is 5.69. The number of hydrogen-bond donors (Lipinski definition) is 3. The van der Waals surface area contributed by atoms with Crippen LogP contribution in [0.2, 0.25) is 0 Å². The number of ether oxygens (including phenoxy) is 1. The van der Waals surface area contributed by atoms with Crippen LogP contribution in [0.1, 0.15) is 23.0 Å². The Kier molecular flexibility index (Phi) is 6.33. The highest BCUT2D eigenvalue weighted by atomic mass is 16.5. The summed E-state index contributed by atoms with van der Waals surface area (Å²) in [5.74, 6) is 0.896. The van der Waals surface area contributed by atoms with Crippen LogP contribution >= 0.6 is 0 Å². The molecule has 2 rings (SSSR count). The molecular formula is C18H22N4O3.